The maximum Gasteiger partial charge on any atom is 0.137 e. The highest BCUT2D eigenvalue weighted by Gasteiger charge is 2.40. The van der Waals surface area contributed by atoms with Gasteiger partial charge < -0.3 is 9.80 Å². The fourth-order valence-corrected chi connectivity index (χ4v) is 4.19. The molecule has 126 valence electrons. The molecule has 2 aromatic rings. The van der Waals surface area contributed by atoms with Crippen LogP contribution in [0.4, 0.5) is 5.82 Å². The van der Waals surface area contributed by atoms with Crippen LogP contribution in [0.25, 0.3) is 0 Å². The van der Waals surface area contributed by atoms with E-state index >= 15 is 0 Å². The average Bonchev–Trinajstić information content (AvgIpc) is 3.01. The number of rotatable bonds is 5. The molecule has 2 atom stereocenters. The quantitative estimate of drug-likeness (QED) is 0.818. The van der Waals surface area contributed by atoms with E-state index in [2.05, 4.69) is 35.9 Å². The van der Waals surface area contributed by atoms with E-state index < -0.39 is 0 Å². The first kappa shape index (κ1) is 14.3. The van der Waals surface area contributed by atoms with Gasteiger partial charge in [0.1, 0.15) is 24.8 Å². The number of aromatic nitrogens is 5. The van der Waals surface area contributed by atoms with Gasteiger partial charge in [-0.2, -0.15) is 5.10 Å². The van der Waals surface area contributed by atoms with Crippen LogP contribution in [0.1, 0.15) is 24.5 Å². The van der Waals surface area contributed by atoms with Crippen LogP contribution in [-0.4, -0.2) is 62.4 Å². The number of hydrogen-bond donors (Lipinski definition) is 0. The van der Waals surface area contributed by atoms with E-state index in [-0.39, 0.29) is 0 Å². The third-order valence-electron chi connectivity index (χ3n) is 5.67. The molecule has 1 saturated carbocycles. The number of likely N-dealkylation sites (tertiary alicyclic amines) is 1. The Morgan fingerprint density at radius 3 is 2.50 bits per heavy atom. The standard InChI is InChI=1S/C17H23N7/c1-2-13(1)16-5-17(20-11-19-16)23-8-14-6-22(7-15(14)9-23)3-4-24-12-18-10-21-24/h5,10-15H,1-4,6-9H2. The van der Waals surface area contributed by atoms with E-state index in [1.807, 2.05) is 4.68 Å². The Morgan fingerprint density at radius 2 is 1.79 bits per heavy atom. The Labute approximate surface area is 141 Å². The van der Waals surface area contributed by atoms with Gasteiger partial charge in [0.25, 0.3) is 0 Å². The zero-order valence-electron chi connectivity index (χ0n) is 13.8. The minimum atomic E-state index is 0.695. The first-order valence-electron chi connectivity index (χ1n) is 8.97. The zero-order chi connectivity index (χ0) is 15.9. The van der Waals surface area contributed by atoms with Gasteiger partial charge in [-0.05, 0) is 24.7 Å². The largest absolute Gasteiger partial charge is 0.356 e. The third kappa shape index (κ3) is 2.77. The second kappa shape index (κ2) is 5.81. The number of fused-ring (bicyclic) bond motifs is 1. The topological polar surface area (TPSA) is 63.0 Å². The number of nitrogens with zero attached hydrogens (tertiary/aromatic N) is 7. The molecule has 0 aromatic carbocycles. The Morgan fingerprint density at radius 1 is 0.958 bits per heavy atom. The molecule has 4 heterocycles. The molecule has 2 unspecified atom stereocenters. The maximum atomic E-state index is 4.53. The van der Waals surface area contributed by atoms with E-state index in [1.54, 1.807) is 19.0 Å². The SMILES string of the molecule is c1nc(C2CC2)cc(N2CC3CN(CCn4cncn4)CC3C2)n1. The molecule has 7 heteroatoms. The van der Waals surface area contributed by atoms with E-state index in [9.17, 15) is 0 Å². The first-order chi connectivity index (χ1) is 11.8. The zero-order valence-corrected chi connectivity index (χ0v) is 13.8. The molecule has 1 aliphatic carbocycles. The van der Waals surface area contributed by atoms with E-state index in [1.165, 1.54) is 31.6 Å². The minimum Gasteiger partial charge on any atom is -0.356 e. The van der Waals surface area contributed by atoms with Crippen LogP contribution in [0.5, 0.6) is 0 Å². The summed E-state index contributed by atoms with van der Waals surface area (Å²) in [4.78, 5) is 18.0. The summed E-state index contributed by atoms with van der Waals surface area (Å²) in [6.07, 6.45) is 7.74. The lowest BCUT2D eigenvalue weighted by molar-refractivity contribution is 0.296. The predicted octanol–water partition coefficient (Wildman–Crippen LogP) is 1.01. The van der Waals surface area contributed by atoms with E-state index in [4.69, 9.17) is 0 Å². The molecule has 2 saturated heterocycles. The van der Waals surface area contributed by atoms with Crippen LogP contribution >= 0.6 is 0 Å². The number of hydrogen-bond acceptors (Lipinski definition) is 6. The number of anilines is 1. The molecule has 24 heavy (non-hydrogen) atoms. The molecule has 7 nitrogen and oxygen atoms in total. The lowest BCUT2D eigenvalue weighted by atomic mass is 10.0. The van der Waals surface area contributed by atoms with Crippen molar-refractivity contribution in [1.29, 1.82) is 0 Å². The van der Waals surface area contributed by atoms with E-state index in [0.29, 0.717) is 5.92 Å². The Hall–Kier alpha value is -2.02. The van der Waals surface area contributed by atoms with Crippen molar-refractivity contribution >= 4 is 5.82 Å². The summed E-state index contributed by atoms with van der Waals surface area (Å²) in [6, 6.07) is 2.22. The molecule has 0 bridgehead atoms. The summed E-state index contributed by atoms with van der Waals surface area (Å²) < 4.78 is 1.92. The van der Waals surface area contributed by atoms with Crippen molar-refractivity contribution in [3.63, 3.8) is 0 Å². The van der Waals surface area contributed by atoms with Crippen molar-refractivity contribution in [2.75, 3.05) is 37.6 Å². The van der Waals surface area contributed by atoms with Crippen molar-refractivity contribution in [2.45, 2.75) is 25.3 Å². The van der Waals surface area contributed by atoms with Crippen LogP contribution in [0.2, 0.25) is 0 Å². The predicted molar refractivity (Wildman–Crippen MR) is 89.7 cm³/mol. The van der Waals surface area contributed by atoms with Crippen molar-refractivity contribution in [3.05, 3.63) is 30.7 Å². The summed E-state index contributed by atoms with van der Waals surface area (Å²) in [5.41, 5.74) is 1.24. The maximum absolute atomic E-state index is 4.53. The van der Waals surface area contributed by atoms with Crippen molar-refractivity contribution < 1.29 is 0 Å². The van der Waals surface area contributed by atoms with Gasteiger partial charge in [0.05, 0.1) is 6.54 Å². The highest BCUT2D eigenvalue weighted by atomic mass is 15.3. The van der Waals surface area contributed by atoms with Crippen LogP contribution < -0.4 is 4.90 Å². The van der Waals surface area contributed by atoms with Gasteiger partial charge in [0, 0.05) is 50.4 Å². The molecular weight excluding hydrogens is 302 g/mol. The molecule has 3 aliphatic rings. The minimum absolute atomic E-state index is 0.695. The average molecular weight is 325 g/mol. The Bertz CT molecular complexity index is 683. The summed E-state index contributed by atoms with van der Waals surface area (Å²) in [7, 11) is 0. The molecule has 0 spiro atoms. The fourth-order valence-electron chi connectivity index (χ4n) is 4.19. The van der Waals surface area contributed by atoms with Gasteiger partial charge in [-0.25, -0.2) is 15.0 Å². The second-order valence-electron chi connectivity index (χ2n) is 7.42. The van der Waals surface area contributed by atoms with Gasteiger partial charge >= 0.3 is 0 Å². The molecule has 3 fully saturated rings. The van der Waals surface area contributed by atoms with Crippen molar-refractivity contribution in [1.82, 2.24) is 29.6 Å². The molecule has 0 radical (unpaired) electrons. The molecule has 2 aromatic heterocycles. The van der Waals surface area contributed by atoms with E-state index in [0.717, 1.165) is 43.8 Å². The van der Waals surface area contributed by atoms with Crippen molar-refractivity contribution in [2.24, 2.45) is 11.8 Å². The normalized spacial score (nSPS) is 26.9. The Balaban J connectivity index is 1.18. The van der Waals surface area contributed by atoms with Crippen LogP contribution in [0.3, 0.4) is 0 Å². The second-order valence-corrected chi connectivity index (χ2v) is 7.42. The molecule has 2 aliphatic heterocycles. The van der Waals surface area contributed by atoms with Crippen LogP contribution in [-0.2, 0) is 6.54 Å². The van der Waals surface area contributed by atoms with Crippen LogP contribution in [0, 0.1) is 11.8 Å². The lowest BCUT2D eigenvalue weighted by Crippen LogP contribution is -2.31. The van der Waals surface area contributed by atoms with Gasteiger partial charge in [0.15, 0.2) is 0 Å². The lowest BCUT2D eigenvalue weighted by Gasteiger charge is -2.22. The molecule has 0 N–H and O–H groups in total. The summed E-state index contributed by atoms with van der Waals surface area (Å²) in [6.45, 7) is 6.64. The first-order valence-corrected chi connectivity index (χ1v) is 8.97. The third-order valence-corrected chi connectivity index (χ3v) is 5.67. The smallest absolute Gasteiger partial charge is 0.137 e. The van der Waals surface area contributed by atoms with Gasteiger partial charge in [-0.15, -0.1) is 0 Å². The van der Waals surface area contributed by atoms with Gasteiger partial charge in [-0.1, -0.05) is 0 Å². The summed E-state index contributed by atoms with van der Waals surface area (Å²) in [5, 5.41) is 4.19. The molecule has 5 rings (SSSR count). The van der Waals surface area contributed by atoms with Crippen molar-refractivity contribution in [3.8, 4) is 0 Å². The van der Waals surface area contributed by atoms with Gasteiger partial charge in [0.2, 0.25) is 0 Å². The summed E-state index contributed by atoms with van der Waals surface area (Å²) in [5.74, 6) is 3.36. The molecular formula is C17H23N7. The Kier molecular flexibility index (Phi) is 3.47. The highest BCUT2D eigenvalue weighted by Crippen LogP contribution is 2.40. The molecule has 0 amide bonds. The fraction of sp³-hybridized carbons (Fsp3) is 0.647. The van der Waals surface area contributed by atoms with Gasteiger partial charge in [-0.3, -0.25) is 4.68 Å². The van der Waals surface area contributed by atoms with Crippen LogP contribution in [0.15, 0.2) is 25.0 Å². The monoisotopic (exact) mass is 325 g/mol. The summed E-state index contributed by atoms with van der Waals surface area (Å²) >= 11 is 0. The highest BCUT2D eigenvalue weighted by molar-refractivity contribution is 5.42.